The lowest BCUT2D eigenvalue weighted by Gasteiger charge is -2.22. The van der Waals surface area contributed by atoms with Crippen LogP contribution in [0.25, 0.3) is 0 Å². The van der Waals surface area contributed by atoms with Crippen molar-refractivity contribution >= 4 is 35.5 Å². The Morgan fingerprint density at radius 2 is 1.57 bits per heavy atom. The summed E-state index contributed by atoms with van der Waals surface area (Å²) in [5.74, 6) is -4.39. The number of carboxylic acids is 1. The number of halogens is 3. The molecular formula is C26H24F3N3O8. The minimum absolute atomic E-state index is 0.111. The molecule has 0 saturated heterocycles. The third kappa shape index (κ3) is 8.03. The number of nitrogens with zero attached hydrogens (tertiary/aromatic N) is 2. The van der Waals surface area contributed by atoms with Crippen LogP contribution < -0.4 is 10.2 Å². The van der Waals surface area contributed by atoms with Crippen molar-refractivity contribution < 1.29 is 51.7 Å². The summed E-state index contributed by atoms with van der Waals surface area (Å²) in [5, 5.41) is 18.7. The number of hydrogen-bond acceptors (Lipinski definition) is 8. The predicted octanol–water partition coefficient (Wildman–Crippen LogP) is 3.60. The monoisotopic (exact) mass is 563 g/mol. The van der Waals surface area contributed by atoms with Crippen LogP contribution in [-0.2, 0) is 25.5 Å². The SMILES string of the molecule is COC(=O)[C@H](Cc1ccc(N2C(=O)c3ccc(C#N)cc3C2=O)cc1)NC(=O)OC(C)(C)C.O=C(O)C(F)(F)F. The molecule has 0 bridgehead atoms. The van der Waals surface area contributed by atoms with E-state index in [1.807, 2.05) is 6.07 Å². The van der Waals surface area contributed by atoms with Crippen molar-refractivity contribution in [2.24, 2.45) is 0 Å². The Morgan fingerprint density at radius 1 is 1.02 bits per heavy atom. The van der Waals surface area contributed by atoms with Crippen LogP contribution in [0, 0.1) is 11.3 Å². The van der Waals surface area contributed by atoms with E-state index in [9.17, 15) is 32.3 Å². The van der Waals surface area contributed by atoms with Crippen LogP contribution in [0.15, 0.2) is 42.5 Å². The van der Waals surface area contributed by atoms with Crippen molar-refractivity contribution in [2.45, 2.75) is 45.0 Å². The Bertz CT molecular complexity index is 1360. The molecule has 1 atom stereocenters. The van der Waals surface area contributed by atoms with Crippen LogP contribution in [0.5, 0.6) is 0 Å². The Balaban J connectivity index is 0.000000708. The van der Waals surface area contributed by atoms with Gasteiger partial charge in [0.25, 0.3) is 11.8 Å². The number of carboxylic acid groups (broad SMARTS) is 1. The molecule has 0 fully saturated rings. The van der Waals surface area contributed by atoms with E-state index in [0.29, 0.717) is 16.8 Å². The molecule has 14 heteroatoms. The second-order valence-corrected chi connectivity index (χ2v) is 9.21. The van der Waals surface area contributed by atoms with E-state index in [1.165, 1.54) is 25.3 Å². The average Bonchev–Trinajstić information content (AvgIpc) is 3.11. The van der Waals surface area contributed by atoms with E-state index < -0.39 is 47.7 Å². The number of carbonyl (C=O) groups is 5. The van der Waals surface area contributed by atoms with Crippen molar-refractivity contribution in [1.29, 1.82) is 5.26 Å². The largest absolute Gasteiger partial charge is 0.490 e. The maximum absolute atomic E-state index is 12.8. The first-order chi connectivity index (χ1) is 18.5. The van der Waals surface area contributed by atoms with Gasteiger partial charge in [-0.2, -0.15) is 18.4 Å². The molecule has 1 aliphatic rings. The number of anilines is 1. The lowest BCUT2D eigenvalue weighted by atomic mass is 10.1. The van der Waals surface area contributed by atoms with E-state index >= 15 is 0 Å². The molecule has 11 nitrogen and oxygen atoms in total. The van der Waals surface area contributed by atoms with E-state index in [-0.39, 0.29) is 17.5 Å². The van der Waals surface area contributed by atoms with E-state index in [2.05, 4.69) is 5.32 Å². The summed E-state index contributed by atoms with van der Waals surface area (Å²) in [6, 6.07) is 11.8. The zero-order valence-electron chi connectivity index (χ0n) is 21.7. The van der Waals surface area contributed by atoms with Crippen LogP contribution in [0.1, 0.15) is 52.6 Å². The Kier molecular flexibility index (Phi) is 9.61. The fraction of sp³-hybridized carbons (Fsp3) is 0.308. The minimum atomic E-state index is -5.08. The number of alkyl carbamates (subject to hydrolysis) is 1. The molecule has 2 aromatic carbocycles. The summed E-state index contributed by atoms with van der Waals surface area (Å²) >= 11 is 0. The molecule has 0 saturated carbocycles. The van der Waals surface area contributed by atoms with E-state index in [4.69, 9.17) is 24.6 Å². The number of amides is 3. The maximum Gasteiger partial charge on any atom is 0.490 e. The number of benzene rings is 2. The van der Waals surface area contributed by atoms with Crippen LogP contribution >= 0.6 is 0 Å². The third-order valence-corrected chi connectivity index (χ3v) is 5.07. The number of nitriles is 1. The summed E-state index contributed by atoms with van der Waals surface area (Å²) < 4.78 is 41.7. The number of fused-ring (bicyclic) bond motifs is 1. The Hall–Kier alpha value is -4.93. The quantitative estimate of drug-likeness (QED) is 0.409. The molecule has 3 rings (SSSR count). The molecule has 1 heterocycles. The van der Waals surface area contributed by atoms with Crippen molar-refractivity contribution in [3.05, 3.63) is 64.7 Å². The fourth-order valence-electron chi connectivity index (χ4n) is 3.35. The standard InChI is InChI=1S/C24H23N3O6.C2HF3O2/c1-24(2,3)33-23(31)26-19(22(30)32-4)12-14-5-8-16(9-6-14)27-20(28)17-10-7-15(13-25)11-18(17)21(27)29;3-2(4,5)1(6)7/h5-11,19H,12H2,1-4H3,(H,26,31);(H,6,7)/t19-;/m0./s1. The number of carbonyl (C=O) groups excluding carboxylic acids is 4. The zero-order chi connectivity index (χ0) is 30.4. The van der Waals surface area contributed by atoms with Gasteiger partial charge in [-0.25, -0.2) is 19.3 Å². The molecule has 0 radical (unpaired) electrons. The summed E-state index contributed by atoms with van der Waals surface area (Å²) in [4.78, 5) is 59.7. The van der Waals surface area contributed by atoms with E-state index in [0.717, 1.165) is 4.90 Å². The third-order valence-electron chi connectivity index (χ3n) is 5.07. The second kappa shape index (κ2) is 12.3. The first-order valence-electron chi connectivity index (χ1n) is 11.4. The zero-order valence-corrected chi connectivity index (χ0v) is 21.7. The number of esters is 1. The van der Waals surface area contributed by atoms with Crippen LogP contribution in [0.3, 0.4) is 0 Å². The molecule has 0 unspecified atom stereocenters. The number of aliphatic carboxylic acids is 1. The topological polar surface area (TPSA) is 163 Å². The van der Waals surface area contributed by atoms with E-state index in [1.54, 1.807) is 45.0 Å². The van der Waals surface area contributed by atoms with Gasteiger partial charge in [0, 0.05) is 6.42 Å². The summed E-state index contributed by atoms with van der Waals surface area (Å²) in [6.07, 6.45) is -5.72. The normalized spacial score (nSPS) is 13.3. The minimum Gasteiger partial charge on any atom is -0.475 e. The first kappa shape index (κ1) is 31.3. The van der Waals surface area contributed by atoms with Gasteiger partial charge in [-0.3, -0.25) is 9.59 Å². The van der Waals surface area contributed by atoms with Crippen LogP contribution in [-0.4, -0.2) is 59.9 Å². The molecule has 0 spiro atoms. The summed E-state index contributed by atoms with van der Waals surface area (Å²) in [6.45, 7) is 5.12. The number of nitrogens with one attached hydrogen (secondary N) is 1. The van der Waals surface area contributed by atoms with Crippen LogP contribution in [0.2, 0.25) is 0 Å². The smallest absolute Gasteiger partial charge is 0.475 e. The number of methoxy groups -OCH3 is 1. The number of ether oxygens (including phenoxy) is 2. The molecule has 0 aromatic heterocycles. The highest BCUT2D eigenvalue weighted by molar-refractivity contribution is 6.34. The van der Waals surface area contributed by atoms with Gasteiger partial charge >= 0.3 is 24.2 Å². The highest BCUT2D eigenvalue weighted by atomic mass is 19.4. The van der Waals surface area contributed by atoms with Gasteiger partial charge in [-0.15, -0.1) is 0 Å². The lowest BCUT2D eigenvalue weighted by Crippen LogP contribution is -2.45. The van der Waals surface area contributed by atoms with Gasteiger partial charge in [0.05, 0.1) is 35.6 Å². The summed E-state index contributed by atoms with van der Waals surface area (Å²) in [5.41, 5.74) is 0.975. The molecule has 1 aliphatic heterocycles. The number of imide groups is 1. The Labute approximate surface area is 226 Å². The summed E-state index contributed by atoms with van der Waals surface area (Å²) in [7, 11) is 1.22. The first-order valence-corrected chi connectivity index (χ1v) is 11.4. The Morgan fingerprint density at radius 3 is 2.05 bits per heavy atom. The molecule has 40 heavy (non-hydrogen) atoms. The van der Waals surface area contributed by atoms with Gasteiger partial charge in [0.2, 0.25) is 0 Å². The molecular weight excluding hydrogens is 539 g/mol. The molecule has 212 valence electrons. The van der Waals surface area contributed by atoms with Crippen molar-refractivity contribution in [2.75, 3.05) is 12.0 Å². The molecule has 3 amide bonds. The maximum atomic E-state index is 12.8. The molecule has 0 aliphatic carbocycles. The van der Waals surface area contributed by atoms with Gasteiger partial charge in [-0.05, 0) is 56.7 Å². The molecule has 2 N–H and O–H groups in total. The average molecular weight is 563 g/mol. The van der Waals surface area contributed by atoms with Crippen molar-refractivity contribution in [1.82, 2.24) is 5.32 Å². The van der Waals surface area contributed by atoms with Gasteiger partial charge in [0.15, 0.2) is 0 Å². The van der Waals surface area contributed by atoms with Gasteiger partial charge in [-0.1, -0.05) is 12.1 Å². The number of hydrogen-bond donors (Lipinski definition) is 2. The van der Waals surface area contributed by atoms with Crippen LogP contribution in [0.4, 0.5) is 23.7 Å². The lowest BCUT2D eigenvalue weighted by molar-refractivity contribution is -0.192. The van der Waals surface area contributed by atoms with Crippen molar-refractivity contribution in [3.63, 3.8) is 0 Å². The number of alkyl halides is 3. The highest BCUT2D eigenvalue weighted by Gasteiger charge is 2.38. The molecule has 2 aromatic rings. The number of rotatable bonds is 5. The highest BCUT2D eigenvalue weighted by Crippen LogP contribution is 2.29. The predicted molar refractivity (Wildman–Crippen MR) is 131 cm³/mol. The van der Waals surface area contributed by atoms with Crippen molar-refractivity contribution in [3.8, 4) is 6.07 Å². The second-order valence-electron chi connectivity index (χ2n) is 9.21. The van der Waals surface area contributed by atoms with Gasteiger partial charge < -0.3 is 19.9 Å². The van der Waals surface area contributed by atoms with Gasteiger partial charge in [0.1, 0.15) is 11.6 Å². The fourth-order valence-corrected chi connectivity index (χ4v) is 3.35.